The van der Waals surface area contributed by atoms with Crippen molar-refractivity contribution in [2.75, 3.05) is 6.61 Å². The molecule has 24 heavy (non-hydrogen) atoms. The van der Waals surface area contributed by atoms with E-state index >= 15 is 0 Å². The molecule has 0 atom stereocenters. The molecule has 2 aromatic rings. The van der Waals surface area contributed by atoms with Crippen molar-refractivity contribution in [3.63, 3.8) is 0 Å². The number of carbonyl (C=O) groups excluding carboxylic acids is 3. The van der Waals surface area contributed by atoms with E-state index in [0.717, 1.165) is 10.6 Å². The van der Waals surface area contributed by atoms with Crippen molar-refractivity contribution >= 4 is 29.0 Å². The average molecular weight is 346 g/mol. The molecule has 1 aromatic heterocycles. The number of carbonyl (C=O) groups is 3. The summed E-state index contributed by atoms with van der Waals surface area (Å²) >= 11 is 1.25. The lowest BCUT2D eigenvalue weighted by molar-refractivity contribution is -0.119. The summed E-state index contributed by atoms with van der Waals surface area (Å²) in [6.07, 6.45) is 0. The van der Waals surface area contributed by atoms with Gasteiger partial charge in [-0.05, 0) is 19.4 Å². The molecule has 6 nitrogen and oxygen atoms in total. The molecule has 1 amide bonds. The number of ketones is 1. The second kappa shape index (κ2) is 7.83. The Bertz CT molecular complexity index is 765. The molecular weight excluding hydrogens is 328 g/mol. The molecule has 0 radical (unpaired) electrons. The highest BCUT2D eigenvalue weighted by Crippen LogP contribution is 2.18. The smallest absolute Gasteiger partial charge is 0.350 e. The minimum Gasteiger partial charge on any atom is -0.453 e. The van der Waals surface area contributed by atoms with Gasteiger partial charge in [-0.15, -0.1) is 11.3 Å². The Morgan fingerprint density at radius 1 is 1.17 bits per heavy atom. The topological polar surface area (TPSA) is 85.4 Å². The first-order valence-corrected chi connectivity index (χ1v) is 8.16. The maximum atomic E-state index is 12.1. The molecule has 0 aliphatic rings. The van der Waals surface area contributed by atoms with Crippen molar-refractivity contribution in [1.82, 2.24) is 10.3 Å². The number of Topliss-reactive ketones (excluding diaryl/α,β-unsaturated/α-hetero) is 1. The average Bonchev–Trinajstić information content (AvgIpc) is 2.89. The van der Waals surface area contributed by atoms with E-state index in [1.807, 2.05) is 6.92 Å². The number of aryl methyl sites for hydroxylation is 2. The Kier molecular flexibility index (Phi) is 5.81. The van der Waals surface area contributed by atoms with E-state index in [-0.39, 0.29) is 18.3 Å². The molecule has 0 saturated heterocycles. The Labute approximate surface area is 143 Å². The number of aromatic nitrogens is 1. The molecular formula is C17H18N2O4S. The van der Waals surface area contributed by atoms with E-state index in [1.165, 1.54) is 18.3 Å². The summed E-state index contributed by atoms with van der Waals surface area (Å²) in [4.78, 5) is 39.5. The summed E-state index contributed by atoms with van der Waals surface area (Å²) in [6.45, 7) is 5.07. The lowest BCUT2D eigenvalue weighted by Gasteiger charge is -2.05. The lowest BCUT2D eigenvalue weighted by atomic mass is 10.1. The van der Waals surface area contributed by atoms with Crippen LogP contribution in [0.5, 0.6) is 0 Å². The Morgan fingerprint density at radius 3 is 2.38 bits per heavy atom. The fraction of sp³-hybridized carbons (Fsp3) is 0.294. The monoisotopic (exact) mass is 346 g/mol. The van der Waals surface area contributed by atoms with E-state index in [9.17, 15) is 14.4 Å². The van der Waals surface area contributed by atoms with Crippen LogP contribution in [0.1, 0.15) is 43.2 Å². The van der Waals surface area contributed by atoms with Gasteiger partial charge in [0.15, 0.2) is 12.4 Å². The van der Waals surface area contributed by atoms with Crippen LogP contribution in [-0.2, 0) is 16.1 Å². The number of esters is 1. The van der Waals surface area contributed by atoms with E-state index in [1.54, 1.807) is 31.2 Å². The number of ether oxygens (including phenoxy) is 1. The van der Waals surface area contributed by atoms with Gasteiger partial charge in [-0.25, -0.2) is 9.78 Å². The molecule has 1 heterocycles. The second-order valence-corrected chi connectivity index (χ2v) is 6.46. The van der Waals surface area contributed by atoms with E-state index in [0.29, 0.717) is 22.7 Å². The lowest BCUT2D eigenvalue weighted by Crippen LogP contribution is -2.19. The zero-order valence-corrected chi connectivity index (χ0v) is 14.5. The molecule has 0 fully saturated rings. The van der Waals surface area contributed by atoms with Crippen LogP contribution in [0.3, 0.4) is 0 Å². The van der Waals surface area contributed by atoms with Crippen LogP contribution in [0.25, 0.3) is 0 Å². The predicted octanol–water partition coefficient (Wildman–Crippen LogP) is 2.44. The number of hydrogen-bond donors (Lipinski definition) is 1. The van der Waals surface area contributed by atoms with Gasteiger partial charge in [0.25, 0.3) is 0 Å². The fourth-order valence-corrected chi connectivity index (χ4v) is 2.85. The predicted molar refractivity (Wildman–Crippen MR) is 90.2 cm³/mol. The van der Waals surface area contributed by atoms with Crippen LogP contribution in [0, 0.1) is 13.8 Å². The van der Waals surface area contributed by atoms with Crippen molar-refractivity contribution < 1.29 is 19.1 Å². The van der Waals surface area contributed by atoms with E-state index in [2.05, 4.69) is 10.3 Å². The Hall–Kier alpha value is -2.54. The van der Waals surface area contributed by atoms with Gasteiger partial charge in [0.1, 0.15) is 4.88 Å². The quantitative estimate of drug-likeness (QED) is 0.641. The van der Waals surface area contributed by atoms with Gasteiger partial charge in [-0.3, -0.25) is 9.59 Å². The summed E-state index contributed by atoms with van der Waals surface area (Å²) in [6, 6.07) is 6.80. The first-order valence-electron chi connectivity index (χ1n) is 7.34. The molecule has 0 spiro atoms. The van der Waals surface area contributed by atoms with Crippen molar-refractivity contribution in [3.05, 3.63) is 51.0 Å². The van der Waals surface area contributed by atoms with Crippen LogP contribution in [0.2, 0.25) is 0 Å². The highest BCUT2D eigenvalue weighted by atomic mass is 32.1. The van der Waals surface area contributed by atoms with Crippen LogP contribution < -0.4 is 5.32 Å². The van der Waals surface area contributed by atoms with Crippen LogP contribution >= 0.6 is 11.3 Å². The number of nitrogens with zero attached hydrogens (tertiary/aromatic N) is 1. The SMILES string of the molecule is CC(=O)NCc1ccc(C(=O)COC(=O)c2sc(C)nc2C)cc1. The molecule has 0 bridgehead atoms. The van der Waals surface area contributed by atoms with Gasteiger partial charge in [0.05, 0.1) is 10.7 Å². The Balaban J connectivity index is 1.91. The normalized spacial score (nSPS) is 10.3. The first kappa shape index (κ1) is 17.8. The molecule has 7 heteroatoms. The maximum absolute atomic E-state index is 12.1. The third-order valence-electron chi connectivity index (χ3n) is 3.24. The van der Waals surface area contributed by atoms with Crippen molar-refractivity contribution in [3.8, 4) is 0 Å². The van der Waals surface area contributed by atoms with Gasteiger partial charge in [0, 0.05) is 19.0 Å². The Morgan fingerprint density at radius 2 is 1.83 bits per heavy atom. The fourth-order valence-electron chi connectivity index (χ4n) is 2.04. The summed E-state index contributed by atoms with van der Waals surface area (Å²) in [5.41, 5.74) is 1.94. The van der Waals surface area contributed by atoms with Crippen LogP contribution in [0.4, 0.5) is 0 Å². The number of benzene rings is 1. The van der Waals surface area contributed by atoms with Crippen molar-refractivity contribution in [2.24, 2.45) is 0 Å². The summed E-state index contributed by atoms with van der Waals surface area (Å²) in [5.74, 6) is -0.933. The molecule has 0 aliphatic carbocycles. The zero-order valence-electron chi connectivity index (χ0n) is 13.7. The van der Waals surface area contributed by atoms with Crippen LogP contribution in [-0.4, -0.2) is 29.3 Å². The minimum atomic E-state index is -0.534. The summed E-state index contributed by atoms with van der Waals surface area (Å²) in [7, 11) is 0. The van der Waals surface area contributed by atoms with Gasteiger partial charge in [-0.2, -0.15) is 0 Å². The third-order valence-corrected chi connectivity index (χ3v) is 4.29. The summed E-state index contributed by atoms with van der Waals surface area (Å²) < 4.78 is 5.07. The highest BCUT2D eigenvalue weighted by Gasteiger charge is 2.17. The van der Waals surface area contributed by atoms with Gasteiger partial charge >= 0.3 is 5.97 Å². The first-order chi connectivity index (χ1) is 11.4. The number of rotatable bonds is 6. The highest BCUT2D eigenvalue weighted by molar-refractivity contribution is 7.13. The van der Waals surface area contributed by atoms with Crippen molar-refractivity contribution in [1.29, 1.82) is 0 Å². The molecule has 0 aliphatic heterocycles. The molecule has 0 saturated carbocycles. The molecule has 0 unspecified atom stereocenters. The number of hydrogen-bond acceptors (Lipinski definition) is 6. The van der Waals surface area contributed by atoms with Gasteiger partial charge in [0.2, 0.25) is 5.91 Å². The second-order valence-electron chi connectivity index (χ2n) is 5.25. The largest absolute Gasteiger partial charge is 0.453 e. The number of amides is 1. The van der Waals surface area contributed by atoms with Crippen LogP contribution in [0.15, 0.2) is 24.3 Å². The minimum absolute atomic E-state index is 0.115. The van der Waals surface area contributed by atoms with Gasteiger partial charge in [-0.1, -0.05) is 24.3 Å². The number of thiazole rings is 1. The molecule has 1 N–H and O–H groups in total. The molecule has 2 rings (SSSR count). The molecule has 1 aromatic carbocycles. The zero-order chi connectivity index (χ0) is 17.7. The maximum Gasteiger partial charge on any atom is 0.350 e. The van der Waals surface area contributed by atoms with Gasteiger partial charge < -0.3 is 10.1 Å². The van der Waals surface area contributed by atoms with E-state index < -0.39 is 5.97 Å². The standard InChI is InChI=1S/C17H18N2O4S/c1-10-16(24-12(3)19-10)17(22)23-9-15(21)14-6-4-13(5-7-14)8-18-11(2)20/h4-7H,8-9H2,1-3H3,(H,18,20). The van der Waals surface area contributed by atoms with E-state index in [4.69, 9.17) is 4.74 Å². The third kappa shape index (κ3) is 4.73. The van der Waals surface area contributed by atoms with Crippen molar-refractivity contribution in [2.45, 2.75) is 27.3 Å². The summed E-state index contributed by atoms with van der Waals surface area (Å²) in [5, 5.41) is 3.46. The number of nitrogens with one attached hydrogen (secondary N) is 1. The molecule has 126 valence electrons.